The SMILES string of the molecule is CCOC(=O)[C@@]12C[C@@H]1[C@@H](n1cnc3c(N)nc(SC)nc31)[C@@H](O)C2O. The largest absolute Gasteiger partial charge is 0.465 e. The van der Waals surface area contributed by atoms with Gasteiger partial charge in [0.05, 0.1) is 25.1 Å². The van der Waals surface area contributed by atoms with Crippen LogP contribution in [0.15, 0.2) is 11.5 Å². The Balaban J connectivity index is 1.78. The van der Waals surface area contributed by atoms with Crippen LogP contribution in [-0.4, -0.2) is 60.8 Å². The third-order valence-electron chi connectivity index (χ3n) is 5.26. The summed E-state index contributed by atoms with van der Waals surface area (Å²) in [5.41, 5.74) is 5.82. The van der Waals surface area contributed by atoms with Gasteiger partial charge >= 0.3 is 5.97 Å². The molecule has 0 aliphatic heterocycles. The second kappa shape index (κ2) is 5.55. The van der Waals surface area contributed by atoms with Crippen molar-refractivity contribution in [3.8, 4) is 0 Å². The highest BCUT2D eigenvalue weighted by Gasteiger charge is 2.76. The Labute approximate surface area is 147 Å². The van der Waals surface area contributed by atoms with E-state index in [0.717, 1.165) is 0 Å². The van der Waals surface area contributed by atoms with Gasteiger partial charge in [0.25, 0.3) is 0 Å². The van der Waals surface area contributed by atoms with Gasteiger partial charge < -0.3 is 25.3 Å². The van der Waals surface area contributed by atoms with Gasteiger partial charge in [-0.1, -0.05) is 11.8 Å². The van der Waals surface area contributed by atoms with Crippen molar-refractivity contribution < 1.29 is 19.7 Å². The second-order valence-corrected chi connectivity index (χ2v) is 7.19. The van der Waals surface area contributed by atoms with E-state index in [-0.39, 0.29) is 18.3 Å². The number of nitrogens with two attached hydrogens (primary N) is 1. The molecule has 0 aromatic carbocycles. The summed E-state index contributed by atoms with van der Waals surface area (Å²) in [4.78, 5) is 25.2. The van der Waals surface area contributed by atoms with Crippen molar-refractivity contribution in [2.75, 3.05) is 18.6 Å². The molecule has 1 unspecified atom stereocenters. The third-order valence-corrected chi connectivity index (χ3v) is 5.81. The summed E-state index contributed by atoms with van der Waals surface area (Å²) in [5, 5.41) is 21.6. The van der Waals surface area contributed by atoms with Crippen molar-refractivity contribution >= 4 is 34.7 Å². The number of imidazole rings is 1. The summed E-state index contributed by atoms with van der Waals surface area (Å²) < 4.78 is 6.81. The molecular weight excluding hydrogens is 346 g/mol. The Kier molecular flexibility index (Phi) is 3.67. The maximum atomic E-state index is 12.3. The minimum Gasteiger partial charge on any atom is -0.465 e. The van der Waals surface area contributed by atoms with Gasteiger partial charge in [0.2, 0.25) is 0 Å². The molecule has 2 aliphatic carbocycles. The number of thioether (sulfide) groups is 1. The lowest BCUT2D eigenvalue weighted by Crippen LogP contribution is -2.38. The standard InChI is InChI=1S/C15H19N5O4S/c1-3-24-13(23)15-4-6(15)8(9(21)10(15)22)20-5-17-7-11(16)18-14(25-2)19-12(7)20/h5-6,8-10,21-22H,3-4H2,1-2H3,(H2,16,18,19)/t6-,8-,9-,10?,15+/m1/s1. The lowest BCUT2D eigenvalue weighted by molar-refractivity contribution is -0.156. The molecule has 0 spiro atoms. The molecule has 134 valence electrons. The molecule has 2 aromatic heterocycles. The maximum absolute atomic E-state index is 12.3. The van der Waals surface area contributed by atoms with Gasteiger partial charge in [0, 0.05) is 5.92 Å². The Bertz CT molecular complexity index is 858. The molecule has 2 aromatic rings. The summed E-state index contributed by atoms with van der Waals surface area (Å²) in [6, 6.07) is -0.520. The van der Waals surface area contributed by atoms with E-state index in [4.69, 9.17) is 10.5 Å². The lowest BCUT2D eigenvalue weighted by atomic mass is 9.99. The van der Waals surface area contributed by atoms with Gasteiger partial charge in [-0.3, -0.25) is 4.79 Å². The van der Waals surface area contributed by atoms with Crippen molar-refractivity contribution in [1.29, 1.82) is 0 Å². The summed E-state index contributed by atoms with van der Waals surface area (Å²) in [6.45, 7) is 1.95. The number of nitrogens with zero attached hydrogens (tertiary/aromatic N) is 4. The number of anilines is 1. The van der Waals surface area contributed by atoms with Crippen molar-refractivity contribution in [3.05, 3.63) is 6.33 Å². The van der Waals surface area contributed by atoms with Crippen LogP contribution in [0.5, 0.6) is 0 Å². The van der Waals surface area contributed by atoms with Crippen LogP contribution >= 0.6 is 11.8 Å². The summed E-state index contributed by atoms with van der Waals surface area (Å²) in [6.07, 6.45) is 1.53. The number of fused-ring (bicyclic) bond motifs is 2. The molecule has 2 aliphatic rings. The molecule has 4 rings (SSSR count). The molecule has 0 radical (unpaired) electrons. The fourth-order valence-electron chi connectivity index (χ4n) is 4.01. The van der Waals surface area contributed by atoms with E-state index < -0.39 is 29.6 Å². The van der Waals surface area contributed by atoms with Gasteiger partial charge in [-0.05, 0) is 19.6 Å². The molecule has 0 bridgehead atoms. The van der Waals surface area contributed by atoms with Crippen LogP contribution in [0.4, 0.5) is 5.82 Å². The zero-order valence-corrected chi connectivity index (χ0v) is 14.6. The van der Waals surface area contributed by atoms with Crippen molar-refractivity contribution in [2.24, 2.45) is 11.3 Å². The normalized spacial score (nSPS) is 33.4. The predicted molar refractivity (Wildman–Crippen MR) is 89.7 cm³/mol. The number of hydrogen-bond acceptors (Lipinski definition) is 9. The Hall–Kier alpha value is -1.91. The average molecular weight is 365 g/mol. The quantitative estimate of drug-likeness (QED) is 0.388. The zero-order valence-electron chi connectivity index (χ0n) is 13.8. The minimum absolute atomic E-state index is 0.232. The molecule has 9 nitrogen and oxygen atoms in total. The number of esters is 1. The van der Waals surface area contributed by atoms with Crippen LogP contribution in [0.3, 0.4) is 0 Å². The van der Waals surface area contributed by atoms with Crippen LogP contribution in [0, 0.1) is 11.3 Å². The molecule has 0 amide bonds. The van der Waals surface area contributed by atoms with Crippen LogP contribution in [0.1, 0.15) is 19.4 Å². The highest BCUT2D eigenvalue weighted by atomic mass is 32.2. The lowest BCUT2D eigenvalue weighted by Gasteiger charge is -2.23. The molecular formula is C15H19N5O4S. The number of aromatic nitrogens is 4. The maximum Gasteiger partial charge on any atom is 0.315 e. The van der Waals surface area contributed by atoms with E-state index in [1.807, 2.05) is 6.26 Å². The van der Waals surface area contributed by atoms with E-state index in [1.54, 1.807) is 11.5 Å². The van der Waals surface area contributed by atoms with Crippen LogP contribution in [-0.2, 0) is 9.53 Å². The monoisotopic (exact) mass is 365 g/mol. The number of carbonyl (C=O) groups is 1. The summed E-state index contributed by atoms with van der Waals surface area (Å²) >= 11 is 1.35. The summed E-state index contributed by atoms with van der Waals surface area (Å²) in [5.74, 6) is -0.436. The molecule has 4 N–H and O–H groups in total. The van der Waals surface area contributed by atoms with Crippen molar-refractivity contribution in [2.45, 2.75) is 36.8 Å². The number of hydrogen-bond donors (Lipinski definition) is 3. The van der Waals surface area contributed by atoms with Crippen LogP contribution in [0.25, 0.3) is 11.2 Å². The van der Waals surface area contributed by atoms with E-state index in [0.29, 0.717) is 22.7 Å². The zero-order chi connectivity index (χ0) is 17.9. The highest BCUT2D eigenvalue weighted by Crippen LogP contribution is 2.68. The topological polar surface area (TPSA) is 136 Å². The number of ether oxygens (including phenoxy) is 1. The fourth-order valence-corrected chi connectivity index (χ4v) is 4.37. The molecule has 10 heteroatoms. The van der Waals surface area contributed by atoms with Crippen LogP contribution in [0.2, 0.25) is 0 Å². The van der Waals surface area contributed by atoms with Gasteiger partial charge in [0.15, 0.2) is 16.6 Å². The molecule has 2 saturated carbocycles. The van der Waals surface area contributed by atoms with E-state index in [9.17, 15) is 15.0 Å². The first kappa shape index (κ1) is 16.6. The van der Waals surface area contributed by atoms with Crippen molar-refractivity contribution in [1.82, 2.24) is 19.5 Å². The molecule has 5 atom stereocenters. The number of nitrogen functional groups attached to an aromatic ring is 1. The number of rotatable bonds is 4. The number of aliphatic hydroxyl groups is 2. The molecule has 2 fully saturated rings. The number of carbonyl (C=O) groups excluding carboxylic acids is 1. The third kappa shape index (κ3) is 2.10. The number of aliphatic hydroxyl groups excluding tert-OH is 2. The first-order valence-electron chi connectivity index (χ1n) is 8.03. The van der Waals surface area contributed by atoms with Crippen LogP contribution < -0.4 is 5.73 Å². The van der Waals surface area contributed by atoms with Gasteiger partial charge in [-0.25, -0.2) is 15.0 Å². The smallest absolute Gasteiger partial charge is 0.315 e. The van der Waals surface area contributed by atoms with E-state index in [1.165, 1.54) is 18.1 Å². The van der Waals surface area contributed by atoms with E-state index in [2.05, 4.69) is 15.0 Å². The first-order chi connectivity index (χ1) is 12.0. The first-order valence-corrected chi connectivity index (χ1v) is 9.25. The second-order valence-electron chi connectivity index (χ2n) is 6.42. The predicted octanol–water partition coefficient (Wildman–Crippen LogP) is -0.0237. The van der Waals surface area contributed by atoms with Gasteiger partial charge in [-0.2, -0.15) is 0 Å². The molecule has 25 heavy (non-hydrogen) atoms. The van der Waals surface area contributed by atoms with Crippen molar-refractivity contribution in [3.63, 3.8) is 0 Å². The van der Waals surface area contributed by atoms with Gasteiger partial charge in [0.1, 0.15) is 17.0 Å². The highest BCUT2D eigenvalue weighted by molar-refractivity contribution is 7.98. The minimum atomic E-state index is -1.18. The van der Waals surface area contributed by atoms with E-state index >= 15 is 0 Å². The van der Waals surface area contributed by atoms with Gasteiger partial charge in [-0.15, -0.1) is 0 Å². The Morgan fingerprint density at radius 2 is 2.28 bits per heavy atom. The Morgan fingerprint density at radius 1 is 1.52 bits per heavy atom. The average Bonchev–Trinajstić information content (AvgIpc) is 3.13. The Morgan fingerprint density at radius 3 is 2.96 bits per heavy atom. The molecule has 2 heterocycles. The summed E-state index contributed by atoms with van der Waals surface area (Å²) in [7, 11) is 0. The fraction of sp³-hybridized carbons (Fsp3) is 0.600. The molecule has 0 saturated heterocycles.